The van der Waals surface area contributed by atoms with E-state index in [1.807, 2.05) is 43.3 Å². The zero-order chi connectivity index (χ0) is 20.4. The Morgan fingerprint density at radius 1 is 1.03 bits per heavy atom. The number of thiocarbonyl (C=S) groups is 1. The van der Waals surface area contributed by atoms with Crippen LogP contribution in [0.25, 0.3) is 10.8 Å². The molecule has 0 saturated heterocycles. The van der Waals surface area contributed by atoms with Gasteiger partial charge in [0.1, 0.15) is 5.75 Å². The summed E-state index contributed by atoms with van der Waals surface area (Å²) in [4.78, 5) is 13.2. The first-order chi connectivity index (χ1) is 14.0. The molecule has 1 atom stereocenters. The molecule has 0 unspecified atom stereocenters. The summed E-state index contributed by atoms with van der Waals surface area (Å²) < 4.78 is 5.24. The van der Waals surface area contributed by atoms with Crippen LogP contribution in [0.2, 0.25) is 0 Å². The highest BCUT2D eigenvalue weighted by Crippen LogP contribution is 2.30. The molecule has 0 spiro atoms. The van der Waals surface area contributed by atoms with E-state index in [1.165, 1.54) is 0 Å². The van der Waals surface area contributed by atoms with Gasteiger partial charge in [0.2, 0.25) is 0 Å². The van der Waals surface area contributed by atoms with Crippen LogP contribution in [0.15, 0.2) is 78.0 Å². The maximum Gasteiger partial charge on any atom is 0.255 e. The SMILES string of the molecule is COc1cccc(NC(=O)C2=C(C)NC(=S)N[C@@H]2c2ccc3ccccc3c2)c1. The smallest absolute Gasteiger partial charge is 0.255 e. The molecule has 0 saturated carbocycles. The standard InChI is InChI=1S/C23H21N3O2S/c1-14-20(22(27)25-18-8-5-9-19(13-18)28-2)21(26-23(29)24-14)17-11-10-15-6-3-4-7-16(15)12-17/h3-13,21H,1-2H3,(H,25,27)(H2,24,26,29)/t21-/m1/s1. The molecule has 1 aliphatic rings. The normalized spacial score (nSPS) is 16.2. The van der Waals surface area contributed by atoms with Crippen molar-refractivity contribution in [3.63, 3.8) is 0 Å². The van der Waals surface area contributed by atoms with Crippen LogP contribution in [-0.2, 0) is 4.79 Å². The highest BCUT2D eigenvalue weighted by molar-refractivity contribution is 7.80. The predicted molar refractivity (Wildman–Crippen MR) is 120 cm³/mol. The Morgan fingerprint density at radius 2 is 1.83 bits per heavy atom. The topological polar surface area (TPSA) is 62.4 Å². The Bertz CT molecular complexity index is 1140. The fraction of sp³-hybridized carbons (Fsp3) is 0.130. The molecular weight excluding hydrogens is 382 g/mol. The fourth-order valence-electron chi connectivity index (χ4n) is 3.53. The second-order valence-corrected chi connectivity index (χ2v) is 7.27. The molecule has 1 amide bonds. The molecule has 0 aromatic heterocycles. The number of ether oxygens (including phenoxy) is 1. The Labute approximate surface area is 174 Å². The Morgan fingerprint density at radius 3 is 2.62 bits per heavy atom. The zero-order valence-electron chi connectivity index (χ0n) is 16.2. The van der Waals surface area contributed by atoms with Crippen LogP contribution in [0.5, 0.6) is 5.75 Å². The maximum atomic E-state index is 13.2. The van der Waals surface area contributed by atoms with Gasteiger partial charge in [0.25, 0.3) is 5.91 Å². The van der Waals surface area contributed by atoms with Crippen LogP contribution in [0.4, 0.5) is 5.69 Å². The van der Waals surface area contributed by atoms with Crippen LogP contribution in [0.1, 0.15) is 18.5 Å². The molecule has 29 heavy (non-hydrogen) atoms. The van der Waals surface area contributed by atoms with Gasteiger partial charge in [-0.05, 0) is 53.7 Å². The molecule has 6 heteroatoms. The maximum absolute atomic E-state index is 13.2. The molecule has 0 aliphatic carbocycles. The van der Waals surface area contributed by atoms with Crippen molar-refractivity contribution in [1.29, 1.82) is 0 Å². The molecule has 4 rings (SSSR count). The van der Waals surface area contributed by atoms with E-state index in [0.29, 0.717) is 22.1 Å². The molecule has 146 valence electrons. The van der Waals surface area contributed by atoms with Crippen LogP contribution >= 0.6 is 12.2 Å². The Kier molecular flexibility index (Phi) is 5.18. The minimum Gasteiger partial charge on any atom is -0.497 e. The lowest BCUT2D eigenvalue weighted by molar-refractivity contribution is -0.113. The van der Waals surface area contributed by atoms with Gasteiger partial charge in [0.15, 0.2) is 5.11 Å². The number of anilines is 1. The number of amides is 1. The van der Waals surface area contributed by atoms with Crippen molar-refractivity contribution in [2.75, 3.05) is 12.4 Å². The highest BCUT2D eigenvalue weighted by Gasteiger charge is 2.30. The van der Waals surface area contributed by atoms with Crippen LogP contribution in [0.3, 0.4) is 0 Å². The minimum atomic E-state index is -0.348. The summed E-state index contributed by atoms with van der Waals surface area (Å²) in [5.41, 5.74) is 2.96. The number of rotatable bonds is 4. The Balaban J connectivity index is 1.70. The van der Waals surface area contributed by atoms with E-state index in [-0.39, 0.29) is 11.9 Å². The minimum absolute atomic E-state index is 0.198. The van der Waals surface area contributed by atoms with Crippen molar-refractivity contribution in [1.82, 2.24) is 10.6 Å². The van der Waals surface area contributed by atoms with Gasteiger partial charge in [-0.15, -0.1) is 0 Å². The summed E-state index contributed by atoms with van der Waals surface area (Å²) >= 11 is 5.35. The van der Waals surface area contributed by atoms with Crippen molar-refractivity contribution in [2.45, 2.75) is 13.0 Å². The summed E-state index contributed by atoms with van der Waals surface area (Å²) in [5.74, 6) is 0.483. The van der Waals surface area contributed by atoms with E-state index in [2.05, 4.69) is 40.2 Å². The van der Waals surface area contributed by atoms with Crippen molar-refractivity contribution in [3.05, 3.63) is 83.6 Å². The lowest BCUT2D eigenvalue weighted by Crippen LogP contribution is -2.45. The van der Waals surface area contributed by atoms with Crippen molar-refractivity contribution in [3.8, 4) is 5.75 Å². The van der Waals surface area contributed by atoms with Gasteiger partial charge < -0.3 is 20.7 Å². The Hall–Kier alpha value is -3.38. The molecule has 0 bridgehead atoms. The largest absolute Gasteiger partial charge is 0.497 e. The van der Waals surface area contributed by atoms with Gasteiger partial charge in [-0.1, -0.05) is 42.5 Å². The van der Waals surface area contributed by atoms with Crippen molar-refractivity contribution in [2.24, 2.45) is 0 Å². The van der Waals surface area contributed by atoms with Gasteiger partial charge in [-0.3, -0.25) is 4.79 Å². The third kappa shape index (κ3) is 3.93. The van der Waals surface area contributed by atoms with E-state index in [4.69, 9.17) is 17.0 Å². The molecule has 0 radical (unpaired) electrons. The molecule has 1 aliphatic heterocycles. The first kappa shape index (κ1) is 19.0. The number of methoxy groups -OCH3 is 1. The summed E-state index contributed by atoms with van der Waals surface area (Å²) in [6.45, 7) is 1.86. The number of allylic oxidation sites excluding steroid dienone is 1. The van der Waals surface area contributed by atoms with Crippen molar-refractivity contribution >= 4 is 39.7 Å². The van der Waals surface area contributed by atoms with Gasteiger partial charge in [0, 0.05) is 17.5 Å². The van der Waals surface area contributed by atoms with E-state index in [0.717, 1.165) is 22.0 Å². The molecule has 3 aromatic rings. The molecule has 0 fully saturated rings. The van der Waals surface area contributed by atoms with Crippen LogP contribution in [-0.4, -0.2) is 18.1 Å². The zero-order valence-corrected chi connectivity index (χ0v) is 17.0. The van der Waals surface area contributed by atoms with E-state index in [1.54, 1.807) is 13.2 Å². The quantitative estimate of drug-likeness (QED) is 0.568. The van der Waals surface area contributed by atoms with Crippen molar-refractivity contribution < 1.29 is 9.53 Å². The summed E-state index contributed by atoms with van der Waals surface area (Å²) in [6.07, 6.45) is 0. The number of hydrogen-bond acceptors (Lipinski definition) is 3. The molecule has 1 heterocycles. The molecular formula is C23H21N3O2S. The summed E-state index contributed by atoms with van der Waals surface area (Å²) in [6, 6.07) is 21.3. The van der Waals surface area contributed by atoms with Gasteiger partial charge in [-0.2, -0.15) is 0 Å². The number of hydrogen-bond donors (Lipinski definition) is 3. The second-order valence-electron chi connectivity index (χ2n) is 6.86. The van der Waals surface area contributed by atoms with Crippen LogP contribution < -0.4 is 20.7 Å². The monoisotopic (exact) mass is 403 g/mol. The average Bonchev–Trinajstić information content (AvgIpc) is 2.72. The lowest BCUT2D eigenvalue weighted by atomic mass is 9.93. The average molecular weight is 404 g/mol. The third-order valence-electron chi connectivity index (χ3n) is 4.95. The first-order valence-electron chi connectivity index (χ1n) is 9.27. The van der Waals surface area contributed by atoms with E-state index < -0.39 is 0 Å². The van der Waals surface area contributed by atoms with Gasteiger partial charge in [-0.25, -0.2) is 0 Å². The first-order valence-corrected chi connectivity index (χ1v) is 9.68. The highest BCUT2D eigenvalue weighted by atomic mass is 32.1. The number of benzene rings is 3. The predicted octanol–water partition coefficient (Wildman–Crippen LogP) is 4.28. The molecule has 3 aromatic carbocycles. The van der Waals surface area contributed by atoms with Gasteiger partial charge in [0.05, 0.1) is 18.7 Å². The van der Waals surface area contributed by atoms with E-state index >= 15 is 0 Å². The number of carbonyl (C=O) groups excluding carboxylic acids is 1. The number of carbonyl (C=O) groups is 1. The van der Waals surface area contributed by atoms with E-state index in [9.17, 15) is 4.79 Å². The summed E-state index contributed by atoms with van der Waals surface area (Å²) in [7, 11) is 1.60. The van der Waals surface area contributed by atoms with Crippen LogP contribution in [0, 0.1) is 0 Å². The number of fused-ring (bicyclic) bond motifs is 1. The van der Waals surface area contributed by atoms with Gasteiger partial charge >= 0.3 is 0 Å². The second kappa shape index (κ2) is 7.93. The fourth-order valence-corrected chi connectivity index (χ4v) is 3.80. The molecule has 3 N–H and O–H groups in total. The summed E-state index contributed by atoms with van der Waals surface area (Å²) in [5, 5.41) is 12.0. The third-order valence-corrected chi connectivity index (χ3v) is 5.17. The number of nitrogens with one attached hydrogen (secondary N) is 3. The molecule has 5 nitrogen and oxygen atoms in total. The lowest BCUT2D eigenvalue weighted by Gasteiger charge is -2.30.